The molecule has 1 amide bonds. The van der Waals surface area contributed by atoms with Crippen LogP contribution in [0.1, 0.15) is 43.2 Å². The molecule has 3 heteroatoms. The van der Waals surface area contributed by atoms with Crippen LogP contribution < -0.4 is 5.32 Å². The van der Waals surface area contributed by atoms with Gasteiger partial charge in [0.2, 0.25) is 5.91 Å². The molecule has 0 unspecified atom stereocenters. The predicted molar refractivity (Wildman–Crippen MR) is 84.1 cm³/mol. The summed E-state index contributed by atoms with van der Waals surface area (Å²) < 4.78 is 0. The van der Waals surface area contributed by atoms with E-state index < -0.39 is 0 Å². The summed E-state index contributed by atoms with van der Waals surface area (Å²) in [6, 6.07) is 6.17. The SMILES string of the molecule is Cc1ccc(C)c(NC(=O)CN2CCCCCCC2)c1. The van der Waals surface area contributed by atoms with Gasteiger partial charge in [0.25, 0.3) is 0 Å². The van der Waals surface area contributed by atoms with Gasteiger partial charge in [-0.05, 0) is 57.0 Å². The Bertz CT molecular complexity index is 448. The number of hydrogen-bond donors (Lipinski definition) is 1. The third-order valence-corrected chi connectivity index (χ3v) is 3.98. The van der Waals surface area contributed by atoms with Gasteiger partial charge in [-0.25, -0.2) is 0 Å². The minimum Gasteiger partial charge on any atom is -0.325 e. The van der Waals surface area contributed by atoms with E-state index in [1.807, 2.05) is 19.9 Å². The van der Waals surface area contributed by atoms with E-state index in [-0.39, 0.29) is 5.91 Å². The average Bonchev–Trinajstić information content (AvgIpc) is 2.37. The van der Waals surface area contributed by atoms with Crippen molar-refractivity contribution in [3.05, 3.63) is 29.3 Å². The Morgan fingerprint density at radius 3 is 2.45 bits per heavy atom. The highest BCUT2D eigenvalue weighted by Gasteiger charge is 2.13. The summed E-state index contributed by atoms with van der Waals surface area (Å²) in [6.07, 6.45) is 6.39. The van der Waals surface area contributed by atoms with Gasteiger partial charge in [0.15, 0.2) is 0 Å². The molecule has 0 spiro atoms. The molecular formula is C17H26N2O. The van der Waals surface area contributed by atoms with Crippen LogP contribution in [-0.4, -0.2) is 30.4 Å². The maximum atomic E-state index is 12.2. The lowest BCUT2D eigenvalue weighted by Gasteiger charge is -2.24. The van der Waals surface area contributed by atoms with Gasteiger partial charge in [0.1, 0.15) is 0 Å². The van der Waals surface area contributed by atoms with Crippen LogP contribution in [0.5, 0.6) is 0 Å². The molecule has 0 aliphatic carbocycles. The van der Waals surface area contributed by atoms with Gasteiger partial charge in [-0.1, -0.05) is 31.4 Å². The van der Waals surface area contributed by atoms with E-state index in [9.17, 15) is 4.79 Å². The number of likely N-dealkylation sites (tertiary alicyclic amines) is 1. The quantitative estimate of drug-likeness (QED) is 0.915. The highest BCUT2D eigenvalue weighted by molar-refractivity contribution is 5.93. The number of benzene rings is 1. The average molecular weight is 274 g/mol. The minimum absolute atomic E-state index is 0.110. The number of nitrogens with one attached hydrogen (secondary N) is 1. The Hall–Kier alpha value is -1.35. The molecule has 1 heterocycles. The smallest absolute Gasteiger partial charge is 0.238 e. The first-order valence-electron chi connectivity index (χ1n) is 7.74. The zero-order valence-corrected chi connectivity index (χ0v) is 12.7. The number of carbonyl (C=O) groups is 1. The van der Waals surface area contributed by atoms with Crippen molar-refractivity contribution in [2.45, 2.75) is 46.0 Å². The summed E-state index contributed by atoms with van der Waals surface area (Å²) in [5.74, 6) is 0.110. The highest BCUT2D eigenvalue weighted by atomic mass is 16.2. The van der Waals surface area contributed by atoms with E-state index in [4.69, 9.17) is 0 Å². The molecule has 0 bridgehead atoms. The monoisotopic (exact) mass is 274 g/mol. The summed E-state index contributed by atoms with van der Waals surface area (Å²) in [5, 5.41) is 3.05. The fourth-order valence-electron chi connectivity index (χ4n) is 2.73. The second-order valence-corrected chi connectivity index (χ2v) is 5.91. The van der Waals surface area contributed by atoms with Crippen LogP contribution in [0.3, 0.4) is 0 Å². The Labute approximate surface area is 122 Å². The third-order valence-electron chi connectivity index (χ3n) is 3.98. The predicted octanol–water partition coefficient (Wildman–Crippen LogP) is 3.51. The molecule has 3 nitrogen and oxygen atoms in total. The second kappa shape index (κ2) is 7.44. The molecule has 1 saturated heterocycles. The van der Waals surface area contributed by atoms with Crippen molar-refractivity contribution in [2.24, 2.45) is 0 Å². The molecule has 20 heavy (non-hydrogen) atoms. The van der Waals surface area contributed by atoms with Gasteiger partial charge in [-0.3, -0.25) is 9.69 Å². The number of aryl methyl sites for hydroxylation is 2. The number of carbonyl (C=O) groups excluding carboxylic acids is 1. The molecule has 1 fully saturated rings. The van der Waals surface area contributed by atoms with Crippen LogP contribution in [0, 0.1) is 13.8 Å². The normalized spacial score (nSPS) is 17.3. The molecule has 1 aromatic carbocycles. The van der Waals surface area contributed by atoms with Crippen LogP contribution in [0.2, 0.25) is 0 Å². The van der Waals surface area contributed by atoms with Gasteiger partial charge in [-0.2, -0.15) is 0 Å². The molecule has 0 aromatic heterocycles. The molecule has 1 N–H and O–H groups in total. The van der Waals surface area contributed by atoms with Gasteiger partial charge in [-0.15, -0.1) is 0 Å². The van der Waals surface area contributed by atoms with Crippen LogP contribution in [0.15, 0.2) is 18.2 Å². The van der Waals surface area contributed by atoms with Crippen molar-refractivity contribution in [2.75, 3.05) is 25.0 Å². The largest absolute Gasteiger partial charge is 0.325 e. The first kappa shape index (κ1) is 15.0. The molecule has 0 saturated carbocycles. The molecule has 0 radical (unpaired) electrons. The van der Waals surface area contributed by atoms with Crippen LogP contribution in [-0.2, 0) is 4.79 Å². The van der Waals surface area contributed by atoms with E-state index in [0.29, 0.717) is 6.54 Å². The molecule has 0 atom stereocenters. The van der Waals surface area contributed by atoms with Gasteiger partial charge < -0.3 is 5.32 Å². The van der Waals surface area contributed by atoms with E-state index in [2.05, 4.69) is 22.3 Å². The van der Waals surface area contributed by atoms with Crippen molar-refractivity contribution in [1.29, 1.82) is 0 Å². The van der Waals surface area contributed by atoms with Gasteiger partial charge in [0.05, 0.1) is 6.54 Å². The van der Waals surface area contributed by atoms with E-state index in [1.54, 1.807) is 0 Å². The number of amides is 1. The van der Waals surface area contributed by atoms with Gasteiger partial charge >= 0.3 is 0 Å². The van der Waals surface area contributed by atoms with Gasteiger partial charge in [0, 0.05) is 5.69 Å². The molecule has 1 aliphatic rings. The zero-order valence-electron chi connectivity index (χ0n) is 12.7. The lowest BCUT2D eigenvalue weighted by atomic mass is 10.1. The maximum Gasteiger partial charge on any atom is 0.238 e. The van der Waals surface area contributed by atoms with Crippen molar-refractivity contribution < 1.29 is 4.79 Å². The Kier molecular flexibility index (Phi) is 5.60. The topological polar surface area (TPSA) is 32.3 Å². The fraction of sp³-hybridized carbons (Fsp3) is 0.588. The van der Waals surface area contributed by atoms with E-state index in [1.165, 1.54) is 37.7 Å². The first-order chi connectivity index (χ1) is 9.65. The lowest BCUT2D eigenvalue weighted by Crippen LogP contribution is -2.35. The van der Waals surface area contributed by atoms with Crippen molar-refractivity contribution in [1.82, 2.24) is 4.90 Å². The molecule has 110 valence electrons. The van der Waals surface area contributed by atoms with Crippen molar-refractivity contribution >= 4 is 11.6 Å². The summed E-state index contributed by atoms with van der Waals surface area (Å²) in [4.78, 5) is 14.5. The fourth-order valence-corrected chi connectivity index (χ4v) is 2.73. The maximum absolute atomic E-state index is 12.2. The second-order valence-electron chi connectivity index (χ2n) is 5.91. The van der Waals surface area contributed by atoms with E-state index in [0.717, 1.165) is 24.3 Å². The van der Waals surface area contributed by atoms with E-state index >= 15 is 0 Å². The van der Waals surface area contributed by atoms with Crippen LogP contribution in [0.4, 0.5) is 5.69 Å². The summed E-state index contributed by atoms with van der Waals surface area (Å²) >= 11 is 0. The summed E-state index contributed by atoms with van der Waals surface area (Å²) in [5.41, 5.74) is 3.25. The summed E-state index contributed by atoms with van der Waals surface area (Å²) in [7, 11) is 0. The van der Waals surface area contributed by atoms with Crippen LogP contribution >= 0.6 is 0 Å². The van der Waals surface area contributed by atoms with Crippen molar-refractivity contribution in [3.63, 3.8) is 0 Å². The Morgan fingerprint density at radius 2 is 1.75 bits per heavy atom. The number of nitrogens with zero attached hydrogens (tertiary/aromatic N) is 1. The molecular weight excluding hydrogens is 248 g/mol. The minimum atomic E-state index is 0.110. The number of anilines is 1. The van der Waals surface area contributed by atoms with Crippen molar-refractivity contribution in [3.8, 4) is 0 Å². The Morgan fingerprint density at radius 1 is 1.10 bits per heavy atom. The Balaban J connectivity index is 1.89. The number of rotatable bonds is 3. The zero-order chi connectivity index (χ0) is 14.4. The lowest BCUT2D eigenvalue weighted by molar-refractivity contribution is -0.117. The number of hydrogen-bond acceptors (Lipinski definition) is 2. The first-order valence-corrected chi connectivity index (χ1v) is 7.74. The molecule has 2 rings (SSSR count). The molecule has 1 aromatic rings. The third kappa shape index (κ3) is 4.64. The molecule has 1 aliphatic heterocycles. The summed E-state index contributed by atoms with van der Waals surface area (Å²) in [6.45, 7) is 6.71. The van der Waals surface area contributed by atoms with Crippen LogP contribution in [0.25, 0.3) is 0 Å². The standard InChI is InChI=1S/C17H26N2O/c1-14-8-9-15(2)16(12-14)18-17(20)13-19-10-6-4-3-5-7-11-19/h8-9,12H,3-7,10-11,13H2,1-2H3,(H,18,20). The highest BCUT2D eigenvalue weighted by Crippen LogP contribution is 2.16.